The molecule has 1 amide bonds. The van der Waals surface area contributed by atoms with Crippen LogP contribution in [0.1, 0.15) is 32.6 Å². The van der Waals surface area contributed by atoms with Crippen molar-refractivity contribution in [2.45, 2.75) is 49.6 Å². The van der Waals surface area contributed by atoms with Crippen LogP contribution in [0.2, 0.25) is 5.02 Å². The number of ether oxygens (including phenoxy) is 1. The minimum absolute atomic E-state index is 0.0424. The second-order valence-electron chi connectivity index (χ2n) is 7.02. The summed E-state index contributed by atoms with van der Waals surface area (Å²) >= 11 is 5.82. The number of carbonyl (C=O) groups excluding carboxylic acids is 2. The van der Waals surface area contributed by atoms with E-state index in [0.29, 0.717) is 24.4 Å². The lowest BCUT2D eigenvalue weighted by molar-refractivity contribution is -0.159. The van der Waals surface area contributed by atoms with E-state index in [1.165, 1.54) is 35.5 Å². The molecular formula is C18H23ClN2O5S. The Kier molecular flexibility index (Phi) is 6.08. The first-order valence-corrected chi connectivity index (χ1v) is 10.9. The molecule has 0 bridgehead atoms. The molecule has 1 aromatic carbocycles. The molecule has 1 N–H and O–H groups in total. The van der Waals surface area contributed by atoms with Gasteiger partial charge in [-0.1, -0.05) is 11.6 Å². The van der Waals surface area contributed by atoms with Crippen LogP contribution in [0.25, 0.3) is 0 Å². The van der Waals surface area contributed by atoms with E-state index < -0.39 is 28.0 Å². The second kappa shape index (κ2) is 8.16. The van der Waals surface area contributed by atoms with Gasteiger partial charge < -0.3 is 10.1 Å². The molecule has 27 heavy (non-hydrogen) atoms. The van der Waals surface area contributed by atoms with E-state index in [0.717, 1.165) is 12.8 Å². The summed E-state index contributed by atoms with van der Waals surface area (Å²) in [6.45, 7) is 1.91. The van der Waals surface area contributed by atoms with Gasteiger partial charge in [-0.2, -0.15) is 4.31 Å². The van der Waals surface area contributed by atoms with Crippen molar-refractivity contribution in [2.75, 3.05) is 13.1 Å². The van der Waals surface area contributed by atoms with Crippen LogP contribution < -0.4 is 5.32 Å². The maximum absolute atomic E-state index is 12.8. The molecule has 1 heterocycles. The molecule has 0 radical (unpaired) electrons. The Morgan fingerprint density at radius 3 is 2.52 bits per heavy atom. The van der Waals surface area contributed by atoms with Crippen LogP contribution in [-0.2, 0) is 24.3 Å². The van der Waals surface area contributed by atoms with Crippen LogP contribution in [0.4, 0.5) is 0 Å². The number of hydrogen-bond acceptors (Lipinski definition) is 5. The predicted octanol–water partition coefficient (Wildman–Crippen LogP) is 1.95. The van der Waals surface area contributed by atoms with E-state index in [-0.39, 0.29) is 23.4 Å². The number of nitrogens with one attached hydrogen (secondary N) is 1. The second-order valence-corrected chi connectivity index (χ2v) is 9.39. The summed E-state index contributed by atoms with van der Waals surface area (Å²) in [4.78, 5) is 24.5. The number of nitrogens with zero attached hydrogens (tertiary/aromatic N) is 1. The number of rotatable bonds is 6. The SMILES string of the molecule is CC(OC(=O)C1CCCN(S(=O)(=O)c2ccc(Cl)cc2)C1)C(=O)NC1CC1. The average Bonchev–Trinajstić information content (AvgIpc) is 3.46. The summed E-state index contributed by atoms with van der Waals surface area (Å²) in [6.07, 6.45) is 2.10. The molecule has 0 aromatic heterocycles. The molecule has 1 aromatic rings. The highest BCUT2D eigenvalue weighted by atomic mass is 35.5. The smallest absolute Gasteiger partial charge is 0.311 e. The number of amides is 1. The normalized spacial score (nSPS) is 22.1. The van der Waals surface area contributed by atoms with Crippen LogP contribution in [0.15, 0.2) is 29.2 Å². The van der Waals surface area contributed by atoms with Crippen LogP contribution in [0.3, 0.4) is 0 Å². The average molecular weight is 415 g/mol. The topological polar surface area (TPSA) is 92.8 Å². The highest BCUT2D eigenvalue weighted by Gasteiger charge is 2.35. The lowest BCUT2D eigenvalue weighted by Gasteiger charge is -2.31. The fourth-order valence-electron chi connectivity index (χ4n) is 2.98. The zero-order chi connectivity index (χ0) is 19.6. The Labute approximate surface area is 164 Å². The molecule has 2 atom stereocenters. The van der Waals surface area contributed by atoms with Gasteiger partial charge >= 0.3 is 5.97 Å². The maximum atomic E-state index is 12.8. The highest BCUT2D eigenvalue weighted by molar-refractivity contribution is 7.89. The number of hydrogen-bond donors (Lipinski definition) is 1. The summed E-state index contributed by atoms with van der Waals surface area (Å²) < 4.78 is 32.1. The Balaban J connectivity index is 1.61. The van der Waals surface area contributed by atoms with Gasteiger partial charge in [0, 0.05) is 24.2 Å². The van der Waals surface area contributed by atoms with E-state index in [2.05, 4.69) is 5.32 Å². The zero-order valence-corrected chi connectivity index (χ0v) is 16.6. The van der Waals surface area contributed by atoms with Crippen molar-refractivity contribution in [2.24, 2.45) is 5.92 Å². The minimum Gasteiger partial charge on any atom is -0.452 e. The molecule has 1 saturated carbocycles. The molecule has 3 rings (SSSR count). The quantitative estimate of drug-likeness (QED) is 0.718. The van der Waals surface area contributed by atoms with Crippen molar-refractivity contribution in [1.82, 2.24) is 9.62 Å². The van der Waals surface area contributed by atoms with Crippen LogP contribution >= 0.6 is 11.6 Å². The summed E-state index contributed by atoms with van der Waals surface area (Å²) in [7, 11) is -3.71. The molecule has 1 saturated heterocycles. The van der Waals surface area contributed by atoms with Gasteiger partial charge in [0.1, 0.15) is 0 Å². The molecule has 2 unspecified atom stereocenters. The summed E-state index contributed by atoms with van der Waals surface area (Å²) in [5.74, 6) is -1.44. The van der Waals surface area contributed by atoms with Crippen LogP contribution in [0.5, 0.6) is 0 Å². The van der Waals surface area contributed by atoms with E-state index in [4.69, 9.17) is 16.3 Å². The van der Waals surface area contributed by atoms with Gasteiger partial charge in [0.15, 0.2) is 6.10 Å². The van der Waals surface area contributed by atoms with Gasteiger partial charge in [0.25, 0.3) is 5.91 Å². The molecule has 7 nitrogen and oxygen atoms in total. The molecule has 9 heteroatoms. The molecule has 1 aliphatic carbocycles. The fraction of sp³-hybridized carbons (Fsp3) is 0.556. The van der Waals surface area contributed by atoms with Crippen molar-refractivity contribution in [3.63, 3.8) is 0 Å². The zero-order valence-electron chi connectivity index (χ0n) is 15.1. The van der Waals surface area contributed by atoms with Gasteiger partial charge in [-0.15, -0.1) is 0 Å². The number of sulfonamides is 1. The highest BCUT2D eigenvalue weighted by Crippen LogP contribution is 2.26. The van der Waals surface area contributed by atoms with E-state index >= 15 is 0 Å². The fourth-order valence-corrected chi connectivity index (χ4v) is 4.63. The van der Waals surface area contributed by atoms with Crippen LogP contribution in [0, 0.1) is 5.92 Å². The third kappa shape index (κ3) is 5.00. The third-order valence-electron chi connectivity index (χ3n) is 4.75. The third-order valence-corrected chi connectivity index (χ3v) is 6.89. The standard InChI is InChI=1S/C18H23ClN2O5S/c1-12(17(22)20-15-6-7-15)26-18(23)13-3-2-10-21(11-13)27(24,25)16-8-4-14(19)5-9-16/h4-5,8-9,12-13,15H,2-3,6-7,10-11H2,1H3,(H,20,22). The van der Waals surface area contributed by atoms with Crippen molar-refractivity contribution >= 4 is 33.5 Å². The predicted molar refractivity (Wildman–Crippen MR) is 99.7 cm³/mol. The monoisotopic (exact) mass is 414 g/mol. The Morgan fingerprint density at radius 1 is 1.22 bits per heavy atom. The van der Waals surface area contributed by atoms with Gasteiger partial charge in [-0.3, -0.25) is 9.59 Å². The first kappa shape index (κ1) is 20.1. The lowest BCUT2D eigenvalue weighted by Crippen LogP contribution is -2.44. The number of halogens is 1. The van der Waals surface area contributed by atoms with Gasteiger partial charge in [-0.25, -0.2) is 8.42 Å². The van der Waals surface area contributed by atoms with Crippen LogP contribution in [-0.4, -0.2) is 49.8 Å². The lowest BCUT2D eigenvalue weighted by atomic mass is 10.00. The van der Waals surface area contributed by atoms with Gasteiger partial charge in [0.05, 0.1) is 10.8 Å². The first-order valence-electron chi connectivity index (χ1n) is 9.04. The molecule has 1 aliphatic heterocycles. The number of piperidine rings is 1. The van der Waals surface area contributed by atoms with E-state index in [9.17, 15) is 18.0 Å². The molecule has 2 fully saturated rings. The molecule has 148 valence electrons. The number of esters is 1. The minimum atomic E-state index is -3.71. The number of benzene rings is 1. The Morgan fingerprint density at radius 2 is 1.89 bits per heavy atom. The Bertz CT molecular complexity index is 808. The summed E-state index contributed by atoms with van der Waals surface area (Å²) in [5.41, 5.74) is 0. The first-order chi connectivity index (χ1) is 12.8. The van der Waals surface area contributed by atoms with Gasteiger partial charge in [-0.05, 0) is 56.9 Å². The van der Waals surface area contributed by atoms with E-state index in [1.54, 1.807) is 0 Å². The summed E-state index contributed by atoms with van der Waals surface area (Å²) in [5, 5.41) is 3.24. The number of carbonyl (C=O) groups is 2. The molecule has 0 spiro atoms. The maximum Gasteiger partial charge on any atom is 0.311 e. The summed E-state index contributed by atoms with van der Waals surface area (Å²) in [6, 6.07) is 6.12. The largest absolute Gasteiger partial charge is 0.452 e. The Hall–Kier alpha value is -1.64. The van der Waals surface area contributed by atoms with Crippen molar-refractivity contribution < 1.29 is 22.7 Å². The van der Waals surface area contributed by atoms with Crippen molar-refractivity contribution in [1.29, 1.82) is 0 Å². The van der Waals surface area contributed by atoms with Crippen molar-refractivity contribution in [3.05, 3.63) is 29.3 Å². The molecule has 2 aliphatic rings. The van der Waals surface area contributed by atoms with E-state index in [1.807, 2.05) is 0 Å². The molecular weight excluding hydrogens is 392 g/mol. The van der Waals surface area contributed by atoms with Gasteiger partial charge in [0.2, 0.25) is 10.0 Å². The van der Waals surface area contributed by atoms with Crippen molar-refractivity contribution in [3.8, 4) is 0 Å².